The van der Waals surface area contributed by atoms with Crippen LogP contribution in [0.4, 0.5) is 4.79 Å². The highest BCUT2D eigenvalue weighted by molar-refractivity contribution is 5.74. The predicted octanol–water partition coefficient (Wildman–Crippen LogP) is 0.770. The second-order valence-electron chi connectivity index (χ2n) is 5.15. The van der Waals surface area contributed by atoms with Crippen LogP contribution in [0.5, 0.6) is 0 Å². The summed E-state index contributed by atoms with van der Waals surface area (Å²) < 4.78 is 5.23. The molecular formula is C12H22N2O3. The first-order valence-electron chi connectivity index (χ1n) is 6.52. The maximum Gasteiger partial charge on any atom is 0.315 e. The molecule has 0 aromatic heterocycles. The first-order valence-corrected chi connectivity index (χ1v) is 6.52. The Balaban J connectivity index is 1.66. The average Bonchev–Trinajstić information content (AvgIpc) is 2.76. The van der Waals surface area contributed by atoms with Crippen molar-refractivity contribution in [2.45, 2.75) is 50.2 Å². The number of aliphatic hydroxyl groups is 1. The fourth-order valence-electron chi connectivity index (χ4n) is 2.53. The molecule has 2 aliphatic rings. The van der Waals surface area contributed by atoms with Gasteiger partial charge in [-0.1, -0.05) is 12.8 Å². The highest BCUT2D eigenvalue weighted by Crippen LogP contribution is 2.28. The summed E-state index contributed by atoms with van der Waals surface area (Å²) in [7, 11) is 0. The van der Waals surface area contributed by atoms with Gasteiger partial charge in [0, 0.05) is 25.8 Å². The summed E-state index contributed by atoms with van der Waals surface area (Å²) in [5, 5.41) is 15.8. The molecule has 2 rings (SSSR count). The molecule has 5 nitrogen and oxygen atoms in total. The molecule has 0 aromatic carbocycles. The first kappa shape index (κ1) is 12.6. The van der Waals surface area contributed by atoms with E-state index < -0.39 is 5.60 Å². The number of hydrogen-bond acceptors (Lipinski definition) is 3. The zero-order valence-electron chi connectivity index (χ0n) is 10.2. The Kier molecular flexibility index (Phi) is 4.23. The Morgan fingerprint density at radius 2 is 1.94 bits per heavy atom. The van der Waals surface area contributed by atoms with Crippen molar-refractivity contribution in [1.82, 2.24) is 10.6 Å². The van der Waals surface area contributed by atoms with E-state index >= 15 is 0 Å². The third-order valence-corrected chi connectivity index (χ3v) is 3.67. The van der Waals surface area contributed by atoms with Crippen molar-refractivity contribution in [3.8, 4) is 0 Å². The van der Waals surface area contributed by atoms with Gasteiger partial charge < -0.3 is 20.5 Å². The zero-order chi connectivity index (χ0) is 12.1. The highest BCUT2D eigenvalue weighted by atomic mass is 16.5. The molecule has 1 saturated heterocycles. The van der Waals surface area contributed by atoms with Gasteiger partial charge in [0.1, 0.15) is 0 Å². The number of hydrogen-bond donors (Lipinski definition) is 3. The number of nitrogens with one attached hydrogen (secondary N) is 2. The molecule has 1 aliphatic carbocycles. The van der Waals surface area contributed by atoms with E-state index in [1.807, 2.05) is 0 Å². The fraction of sp³-hybridized carbons (Fsp3) is 0.917. The summed E-state index contributed by atoms with van der Waals surface area (Å²) in [6.07, 6.45) is 5.45. The van der Waals surface area contributed by atoms with Gasteiger partial charge in [-0.2, -0.15) is 0 Å². The Labute approximate surface area is 102 Å². The second kappa shape index (κ2) is 5.69. The van der Waals surface area contributed by atoms with Gasteiger partial charge >= 0.3 is 6.03 Å². The second-order valence-corrected chi connectivity index (χ2v) is 5.15. The van der Waals surface area contributed by atoms with E-state index in [-0.39, 0.29) is 12.1 Å². The summed E-state index contributed by atoms with van der Waals surface area (Å²) in [5.74, 6) is 0. The molecule has 5 heteroatoms. The number of rotatable bonds is 3. The van der Waals surface area contributed by atoms with Gasteiger partial charge in [0.05, 0.1) is 5.60 Å². The minimum Gasteiger partial charge on any atom is -0.388 e. The number of urea groups is 1. The third kappa shape index (κ3) is 3.85. The number of amides is 2. The molecule has 0 unspecified atom stereocenters. The standard InChI is InChI=1S/C12H22N2O3/c15-11(14-10-3-7-17-8-4-10)13-9-12(16)5-1-2-6-12/h10,16H,1-9H2,(H2,13,14,15). The van der Waals surface area contributed by atoms with E-state index in [0.717, 1.165) is 51.7 Å². The summed E-state index contributed by atoms with van der Waals surface area (Å²) in [5.41, 5.74) is -0.674. The number of carbonyl (C=O) groups excluding carboxylic acids is 1. The van der Waals surface area contributed by atoms with Crippen LogP contribution >= 0.6 is 0 Å². The minimum atomic E-state index is -0.674. The maximum atomic E-state index is 11.6. The molecule has 2 fully saturated rings. The summed E-state index contributed by atoms with van der Waals surface area (Å²) >= 11 is 0. The fourth-order valence-corrected chi connectivity index (χ4v) is 2.53. The molecule has 0 radical (unpaired) electrons. The van der Waals surface area contributed by atoms with Crippen LogP contribution in [0, 0.1) is 0 Å². The molecule has 2 amide bonds. The van der Waals surface area contributed by atoms with Gasteiger partial charge in [0.15, 0.2) is 0 Å². The molecular weight excluding hydrogens is 220 g/mol. The topological polar surface area (TPSA) is 70.6 Å². The number of ether oxygens (including phenoxy) is 1. The van der Waals surface area contributed by atoms with Gasteiger partial charge in [-0.15, -0.1) is 0 Å². The van der Waals surface area contributed by atoms with Crippen molar-refractivity contribution < 1.29 is 14.6 Å². The molecule has 0 bridgehead atoms. The van der Waals surface area contributed by atoms with E-state index in [9.17, 15) is 9.90 Å². The molecule has 3 N–H and O–H groups in total. The third-order valence-electron chi connectivity index (χ3n) is 3.67. The zero-order valence-corrected chi connectivity index (χ0v) is 10.2. The average molecular weight is 242 g/mol. The van der Waals surface area contributed by atoms with Crippen molar-refractivity contribution in [3.05, 3.63) is 0 Å². The minimum absolute atomic E-state index is 0.169. The van der Waals surface area contributed by atoms with Crippen molar-refractivity contribution in [2.24, 2.45) is 0 Å². The van der Waals surface area contributed by atoms with Crippen molar-refractivity contribution >= 4 is 6.03 Å². The van der Waals surface area contributed by atoms with Crippen LogP contribution < -0.4 is 10.6 Å². The van der Waals surface area contributed by atoms with Gasteiger partial charge in [-0.05, 0) is 25.7 Å². The molecule has 1 saturated carbocycles. The van der Waals surface area contributed by atoms with E-state index in [1.54, 1.807) is 0 Å². The van der Waals surface area contributed by atoms with E-state index in [1.165, 1.54) is 0 Å². The van der Waals surface area contributed by atoms with Crippen LogP contribution in [-0.4, -0.2) is 42.5 Å². The molecule has 0 aromatic rings. The molecule has 17 heavy (non-hydrogen) atoms. The van der Waals surface area contributed by atoms with Crippen molar-refractivity contribution in [3.63, 3.8) is 0 Å². The lowest BCUT2D eigenvalue weighted by Crippen LogP contribution is -2.49. The Hall–Kier alpha value is -0.810. The molecule has 0 spiro atoms. The van der Waals surface area contributed by atoms with E-state index in [2.05, 4.69) is 10.6 Å². The highest BCUT2D eigenvalue weighted by Gasteiger charge is 2.31. The predicted molar refractivity (Wildman–Crippen MR) is 63.8 cm³/mol. The van der Waals surface area contributed by atoms with Crippen LogP contribution in [0.15, 0.2) is 0 Å². The molecule has 1 aliphatic heterocycles. The summed E-state index contributed by atoms with van der Waals surface area (Å²) in [6, 6.07) is 0.0409. The Morgan fingerprint density at radius 3 is 2.59 bits per heavy atom. The normalized spacial score (nSPS) is 24.5. The lowest BCUT2D eigenvalue weighted by Gasteiger charge is -2.26. The SMILES string of the molecule is O=C(NCC1(O)CCCC1)NC1CCOCC1. The Morgan fingerprint density at radius 1 is 1.29 bits per heavy atom. The molecule has 98 valence electrons. The summed E-state index contributed by atoms with van der Waals surface area (Å²) in [4.78, 5) is 11.6. The van der Waals surface area contributed by atoms with Crippen molar-refractivity contribution in [1.29, 1.82) is 0 Å². The monoisotopic (exact) mass is 242 g/mol. The van der Waals surface area contributed by atoms with Gasteiger partial charge in [-0.3, -0.25) is 0 Å². The Bertz CT molecular complexity index is 258. The van der Waals surface area contributed by atoms with Crippen LogP contribution in [0.25, 0.3) is 0 Å². The van der Waals surface area contributed by atoms with Crippen LogP contribution in [-0.2, 0) is 4.74 Å². The molecule has 1 heterocycles. The lowest BCUT2D eigenvalue weighted by atomic mass is 10.0. The van der Waals surface area contributed by atoms with Gasteiger partial charge in [0.25, 0.3) is 0 Å². The van der Waals surface area contributed by atoms with Crippen LogP contribution in [0.2, 0.25) is 0 Å². The smallest absolute Gasteiger partial charge is 0.315 e. The van der Waals surface area contributed by atoms with E-state index in [4.69, 9.17) is 4.74 Å². The van der Waals surface area contributed by atoms with Gasteiger partial charge in [0.2, 0.25) is 0 Å². The first-order chi connectivity index (χ1) is 8.18. The van der Waals surface area contributed by atoms with Gasteiger partial charge in [-0.25, -0.2) is 4.79 Å². The quantitative estimate of drug-likeness (QED) is 0.684. The lowest BCUT2D eigenvalue weighted by molar-refractivity contribution is 0.0492. The van der Waals surface area contributed by atoms with Crippen LogP contribution in [0.1, 0.15) is 38.5 Å². The molecule has 0 atom stereocenters. The maximum absolute atomic E-state index is 11.6. The van der Waals surface area contributed by atoms with E-state index in [0.29, 0.717) is 6.54 Å². The largest absolute Gasteiger partial charge is 0.388 e. The van der Waals surface area contributed by atoms with Crippen molar-refractivity contribution in [2.75, 3.05) is 19.8 Å². The number of carbonyl (C=O) groups is 1. The summed E-state index contributed by atoms with van der Waals surface area (Å²) in [6.45, 7) is 1.80. The van der Waals surface area contributed by atoms with Crippen LogP contribution in [0.3, 0.4) is 0 Å².